The van der Waals surface area contributed by atoms with Crippen molar-refractivity contribution in [1.82, 2.24) is 19.5 Å². The molecule has 2 heterocycles. The minimum Gasteiger partial charge on any atom is -0.383 e. The molecule has 0 unspecified atom stereocenters. The lowest BCUT2D eigenvalue weighted by atomic mass is 10.3. The van der Waals surface area contributed by atoms with Gasteiger partial charge in [0.25, 0.3) is 0 Å². The first-order valence-corrected chi connectivity index (χ1v) is 7.60. The van der Waals surface area contributed by atoms with Gasteiger partial charge in [-0.05, 0) is 19.1 Å². The highest BCUT2D eigenvalue weighted by Gasteiger charge is 2.27. The summed E-state index contributed by atoms with van der Waals surface area (Å²) in [7, 11) is -3.67. The number of aromatic amines is 1. The Kier molecular flexibility index (Phi) is 4.05. The summed E-state index contributed by atoms with van der Waals surface area (Å²) in [4.78, 5) is 4.31. The number of pyridine rings is 1. The number of nitrogens with zero attached hydrogens (tertiary/aromatic N) is 3. The molecule has 0 spiro atoms. The molecule has 0 aromatic carbocycles. The van der Waals surface area contributed by atoms with Crippen molar-refractivity contribution in [1.29, 1.82) is 0 Å². The van der Waals surface area contributed by atoms with Gasteiger partial charge in [-0.2, -0.15) is 9.40 Å². The maximum absolute atomic E-state index is 12.5. The molecule has 7 nitrogen and oxygen atoms in total. The van der Waals surface area contributed by atoms with Gasteiger partial charge in [0.1, 0.15) is 10.7 Å². The number of nitrogen functional groups attached to an aromatic ring is 1. The first kappa shape index (κ1) is 14.5. The summed E-state index contributed by atoms with van der Waals surface area (Å²) in [6, 6.07) is 5.51. The number of rotatable bonds is 5. The maximum Gasteiger partial charge on any atom is 0.248 e. The Morgan fingerprint density at radius 2 is 2.15 bits per heavy atom. The third-order valence-electron chi connectivity index (χ3n) is 2.89. The molecule has 108 valence electrons. The van der Waals surface area contributed by atoms with Crippen LogP contribution in [0.15, 0.2) is 29.3 Å². The lowest BCUT2D eigenvalue weighted by Crippen LogP contribution is -2.31. The molecule has 8 heteroatoms. The van der Waals surface area contributed by atoms with Crippen LogP contribution in [0, 0.1) is 6.92 Å². The Morgan fingerprint density at radius 1 is 1.40 bits per heavy atom. The summed E-state index contributed by atoms with van der Waals surface area (Å²) in [6.07, 6.45) is 1.22. The minimum atomic E-state index is -3.67. The van der Waals surface area contributed by atoms with Crippen molar-refractivity contribution < 1.29 is 8.42 Å². The van der Waals surface area contributed by atoms with E-state index in [0.29, 0.717) is 12.2 Å². The Morgan fingerprint density at radius 3 is 2.70 bits per heavy atom. The van der Waals surface area contributed by atoms with Gasteiger partial charge >= 0.3 is 0 Å². The smallest absolute Gasteiger partial charge is 0.248 e. The third kappa shape index (κ3) is 2.81. The number of aromatic nitrogens is 3. The van der Waals surface area contributed by atoms with Gasteiger partial charge in [-0.1, -0.05) is 13.0 Å². The zero-order chi connectivity index (χ0) is 14.8. The molecule has 20 heavy (non-hydrogen) atoms. The molecule has 0 aliphatic rings. The van der Waals surface area contributed by atoms with Crippen LogP contribution < -0.4 is 5.73 Å². The van der Waals surface area contributed by atoms with E-state index in [1.54, 1.807) is 13.0 Å². The molecule has 0 atom stereocenters. The molecule has 0 bridgehead atoms. The second-order valence-corrected chi connectivity index (χ2v) is 6.26. The van der Waals surface area contributed by atoms with E-state index >= 15 is 0 Å². The summed E-state index contributed by atoms with van der Waals surface area (Å²) in [5.41, 5.74) is 7.14. The van der Waals surface area contributed by atoms with Crippen LogP contribution in [-0.4, -0.2) is 34.4 Å². The third-order valence-corrected chi connectivity index (χ3v) is 4.84. The highest BCUT2D eigenvalue weighted by molar-refractivity contribution is 7.89. The topological polar surface area (TPSA) is 105 Å². The van der Waals surface area contributed by atoms with E-state index in [0.717, 1.165) is 5.69 Å². The van der Waals surface area contributed by atoms with Gasteiger partial charge < -0.3 is 5.73 Å². The molecule has 0 amide bonds. The van der Waals surface area contributed by atoms with E-state index in [9.17, 15) is 8.42 Å². The zero-order valence-corrected chi connectivity index (χ0v) is 12.2. The van der Waals surface area contributed by atoms with Crippen molar-refractivity contribution in [3.8, 4) is 0 Å². The van der Waals surface area contributed by atoms with E-state index in [1.165, 1.54) is 10.5 Å². The first-order valence-electron chi connectivity index (χ1n) is 6.16. The number of nitrogens with one attached hydrogen (secondary N) is 1. The molecule has 2 rings (SSSR count). The van der Waals surface area contributed by atoms with Crippen LogP contribution in [0.2, 0.25) is 0 Å². The Balaban J connectivity index is 2.31. The van der Waals surface area contributed by atoms with Crippen LogP contribution in [0.5, 0.6) is 0 Å². The van der Waals surface area contributed by atoms with Gasteiger partial charge in [-0.25, -0.2) is 8.42 Å². The monoisotopic (exact) mass is 295 g/mol. The fourth-order valence-electron chi connectivity index (χ4n) is 1.86. The van der Waals surface area contributed by atoms with E-state index < -0.39 is 10.0 Å². The lowest BCUT2D eigenvalue weighted by Gasteiger charge is -2.19. The van der Waals surface area contributed by atoms with Crippen LogP contribution in [0.1, 0.15) is 18.3 Å². The summed E-state index contributed by atoms with van der Waals surface area (Å²) < 4.78 is 26.3. The number of sulfonamides is 1. The molecule has 0 radical (unpaired) electrons. The van der Waals surface area contributed by atoms with Crippen LogP contribution in [0.4, 0.5) is 5.82 Å². The van der Waals surface area contributed by atoms with E-state index in [-0.39, 0.29) is 17.3 Å². The van der Waals surface area contributed by atoms with E-state index in [2.05, 4.69) is 15.2 Å². The minimum absolute atomic E-state index is 0.00740. The van der Waals surface area contributed by atoms with Gasteiger partial charge in [-0.15, -0.1) is 0 Å². The normalized spacial score (nSPS) is 11.9. The van der Waals surface area contributed by atoms with Crippen LogP contribution in [0.25, 0.3) is 0 Å². The highest BCUT2D eigenvalue weighted by atomic mass is 32.2. The van der Waals surface area contributed by atoms with Gasteiger partial charge in [0.2, 0.25) is 10.0 Å². The summed E-state index contributed by atoms with van der Waals surface area (Å²) in [5, 5.41) is 6.09. The fraction of sp³-hybridized carbons (Fsp3) is 0.333. The molecular formula is C12H17N5O2S. The van der Waals surface area contributed by atoms with Crippen molar-refractivity contribution in [2.24, 2.45) is 0 Å². The van der Waals surface area contributed by atoms with Crippen LogP contribution in [-0.2, 0) is 16.6 Å². The van der Waals surface area contributed by atoms with Crippen molar-refractivity contribution >= 4 is 15.8 Å². The molecule has 0 aliphatic heterocycles. The summed E-state index contributed by atoms with van der Waals surface area (Å²) in [5.74, 6) is 0.0423. The Labute approximate surface area is 117 Å². The SMILES string of the molecule is CCN(Cc1cccc(C)n1)S(=O)(=O)c1cn[nH]c1N. The molecule has 0 saturated heterocycles. The van der Waals surface area contributed by atoms with E-state index in [4.69, 9.17) is 5.73 Å². The molecule has 0 aliphatic carbocycles. The summed E-state index contributed by atoms with van der Waals surface area (Å²) >= 11 is 0. The molecule has 0 saturated carbocycles. The number of hydrogen-bond donors (Lipinski definition) is 2. The molecule has 2 aromatic heterocycles. The molecule has 0 fully saturated rings. The zero-order valence-electron chi connectivity index (χ0n) is 11.4. The van der Waals surface area contributed by atoms with Crippen LogP contribution >= 0.6 is 0 Å². The molecule has 2 aromatic rings. The average Bonchev–Trinajstić information content (AvgIpc) is 2.83. The van der Waals surface area contributed by atoms with E-state index in [1.807, 2.05) is 19.1 Å². The van der Waals surface area contributed by atoms with Crippen molar-refractivity contribution in [3.05, 3.63) is 35.8 Å². The predicted molar refractivity (Wildman–Crippen MR) is 75.2 cm³/mol. The number of aryl methyl sites for hydroxylation is 1. The van der Waals surface area contributed by atoms with Gasteiger partial charge in [0, 0.05) is 12.2 Å². The number of hydrogen-bond acceptors (Lipinski definition) is 5. The van der Waals surface area contributed by atoms with Gasteiger partial charge in [0.05, 0.1) is 18.4 Å². The summed E-state index contributed by atoms with van der Waals surface area (Å²) in [6.45, 7) is 4.15. The molecule has 3 N–H and O–H groups in total. The maximum atomic E-state index is 12.5. The largest absolute Gasteiger partial charge is 0.383 e. The number of anilines is 1. The van der Waals surface area contributed by atoms with Crippen LogP contribution in [0.3, 0.4) is 0 Å². The Bertz CT molecular complexity index is 695. The van der Waals surface area contributed by atoms with Crippen molar-refractivity contribution in [2.45, 2.75) is 25.3 Å². The van der Waals surface area contributed by atoms with Crippen molar-refractivity contribution in [3.63, 3.8) is 0 Å². The molecular weight excluding hydrogens is 278 g/mol. The van der Waals surface area contributed by atoms with Gasteiger partial charge in [0.15, 0.2) is 0 Å². The average molecular weight is 295 g/mol. The number of nitrogens with two attached hydrogens (primary N) is 1. The highest BCUT2D eigenvalue weighted by Crippen LogP contribution is 2.21. The second-order valence-electron chi connectivity index (χ2n) is 4.35. The quantitative estimate of drug-likeness (QED) is 0.853. The predicted octanol–water partition coefficient (Wildman–Crippen LogP) is 0.906. The fourth-order valence-corrected chi connectivity index (χ4v) is 3.29. The van der Waals surface area contributed by atoms with Gasteiger partial charge in [-0.3, -0.25) is 10.1 Å². The standard InChI is InChI=1S/C12H17N5O2S/c1-3-17(8-10-6-4-5-9(2)15-10)20(18,19)11-7-14-16-12(11)13/h4-7H,3,8H2,1-2H3,(H3,13,14,16). The number of H-pyrrole nitrogens is 1. The van der Waals surface area contributed by atoms with Crippen molar-refractivity contribution in [2.75, 3.05) is 12.3 Å². The second kappa shape index (κ2) is 5.59. The first-order chi connectivity index (χ1) is 9.45. The Hall–Kier alpha value is -1.93. The lowest BCUT2D eigenvalue weighted by molar-refractivity contribution is 0.419.